The average molecular weight is 241 g/mol. The fourth-order valence-electron chi connectivity index (χ4n) is 2.00. The van der Waals surface area contributed by atoms with Crippen molar-refractivity contribution in [3.8, 4) is 0 Å². The number of aryl methyl sites for hydroxylation is 1. The summed E-state index contributed by atoms with van der Waals surface area (Å²) in [5.41, 5.74) is -0.00563. The molecule has 0 unspecified atom stereocenters. The van der Waals surface area contributed by atoms with E-state index >= 15 is 0 Å². The number of hydrogen-bond donors (Lipinski definition) is 0. The number of aromatic nitrogens is 1. The molecule has 0 fully saturated rings. The summed E-state index contributed by atoms with van der Waals surface area (Å²) in [6, 6.07) is 5.25. The van der Waals surface area contributed by atoms with Crippen LogP contribution in [-0.2, 0) is 12.7 Å². The second kappa shape index (κ2) is 3.91. The number of rotatable bonds is 2. The van der Waals surface area contributed by atoms with E-state index in [1.807, 2.05) is 0 Å². The first-order valence-corrected chi connectivity index (χ1v) is 5.13. The van der Waals surface area contributed by atoms with Gasteiger partial charge in [0.1, 0.15) is 0 Å². The Morgan fingerprint density at radius 1 is 1.35 bits per heavy atom. The van der Waals surface area contributed by atoms with Crippen LogP contribution in [0.15, 0.2) is 24.3 Å². The van der Waals surface area contributed by atoms with Gasteiger partial charge in [-0.25, -0.2) is 0 Å². The van der Waals surface area contributed by atoms with Gasteiger partial charge in [0, 0.05) is 17.4 Å². The first-order valence-electron chi connectivity index (χ1n) is 5.13. The van der Waals surface area contributed by atoms with Crippen molar-refractivity contribution in [3.63, 3.8) is 0 Å². The van der Waals surface area contributed by atoms with Crippen LogP contribution < -0.4 is 0 Å². The number of nitrogens with zero attached hydrogens (tertiary/aromatic N) is 1. The van der Waals surface area contributed by atoms with E-state index in [1.165, 1.54) is 12.1 Å². The molecule has 1 aromatic carbocycles. The van der Waals surface area contributed by atoms with Gasteiger partial charge in [-0.2, -0.15) is 13.2 Å². The van der Waals surface area contributed by atoms with Gasteiger partial charge in [-0.15, -0.1) is 0 Å². The molecular formula is C12H10F3NO. The zero-order chi connectivity index (χ0) is 12.6. The zero-order valence-corrected chi connectivity index (χ0v) is 9.08. The van der Waals surface area contributed by atoms with E-state index in [0.29, 0.717) is 18.3 Å². The first kappa shape index (κ1) is 11.7. The lowest BCUT2D eigenvalue weighted by molar-refractivity contribution is -0.136. The summed E-state index contributed by atoms with van der Waals surface area (Å²) in [7, 11) is 0. The quantitative estimate of drug-likeness (QED) is 0.737. The number of benzene rings is 1. The SMILES string of the molecule is CCn1c(C=O)cc2c(C(F)(F)F)cccc21. The maximum atomic E-state index is 12.8. The second-order valence-corrected chi connectivity index (χ2v) is 3.67. The topological polar surface area (TPSA) is 22.0 Å². The first-order chi connectivity index (χ1) is 7.99. The number of alkyl halides is 3. The van der Waals surface area contributed by atoms with E-state index in [0.717, 1.165) is 6.07 Å². The number of hydrogen-bond acceptors (Lipinski definition) is 1. The number of carbonyl (C=O) groups excluding carboxylic acids is 1. The van der Waals surface area contributed by atoms with Gasteiger partial charge in [0.05, 0.1) is 11.3 Å². The molecule has 0 amide bonds. The van der Waals surface area contributed by atoms with Crippen molar-refractivity contribution >= 4 is 17.2 Å². The van der Waals surface area contributed by atoms with Crippen LogP contribution in [0, 0.1) is 0 Å². The third-order valence-corrected chi connectivity index (χ3v) is 2.72. The summed E-state index contributed by atoms with van der Waals surface area (Å²) >= 11 is 0. The van der Waals surface area contributed by atoms with Crippen molar-refractivity contribution in [1.29, 1.82) is 0 Å². The third-order valence-electron chi connectivity index (χ3n) is 2.72. The van der Waals surface area contributed by atoms with Gasteiger partial charge in [-0.1, -0.05) is 6.07 Å². The molecule has 0 spiro atoms. The normalized spacial score (nSPS) is 12.0. The largest absolute Gasteiger partial charge is 0.417 e. The minimum atomic E-state index is -4.40. The van der Waals surface area contributed by atoms with Crippen LogP contribution in [0.1, 0.15) is 23.0 Å². The monoisotopic (exact) mass is 241 g/mol. The lowest BCUT2D eigenvalue weighted by atomic mass is 10.1. The van der Waals surface area contributed by atoms with Crippen LogP contribution in [0.3, 0.4) is 0 Å². The molecule has 2 rings (SSSR count). The number of carbonyl (C=O) groups is 1. The summed E-state index contributed by atoms with van der Waals surface area (Å²) < 4.78 is 39.9. The van der Waals surface area contributed by atoms with Crippen LogP contribution in [0.4, 0.5) is 13.2 Å². The Morgan fingerprint density at radius 2 is 2.06 bits per heavy atom. The lowest BCUT2D eigenvalue weighted by Crippen LogP contribution is -2.05. The Bertz CT molecular complexity index is 569. The number of fused-ring (bicyclic) bond motifs is 1. The molecule has 2 nitrogen and oxygen atoms in total. The molecule has 5 heteroatoms. The number of halogens is 3. The fraction of sp³-hybridized carbons (Fsp3) is 0.250. The predicted molar refractivity (Wildman–Crippen MR) is 58.0 cm³/mol. The molecule has 0 aliphatic heterocycles. The second-order valence-electron chi connectivity index (χ2n) is 3.67. The molecule has 0 radical (unpaired) electrons. The molecule has 0 bridgehead atoms. The van der Waals surface area contributed by atoms with Crippen molar-refractivity contribution < 1.29 is 18.0 Å². The highest BCUT2D eigenvalue weighted by atomic mass is 19.4. The van der Waals surface area contributed by atoms with E-state index in [9.17, 15) is 18.0 Å². The van der Waals surface area contributed by atoms with E-state index in [4.69, 9.17) is 0 Å². The zero-order valence-electron chi connectivity index (χ0n) is 9.08. The third kappa shape index (κ3) is 1.81. The fourth-order valence-corrected chi connectivity index (χ4v) is 2.00. The molecule has 0 saturated heterocycles. The van der Waals surface area contributed by atoms with E-state index in [-0.39, 0.29) is 11.1 Å². The van der Waals surface area contributed by atoms with Crippen LogP contribution in [0.5, 0.6) is 0 Å². The highest BCUT2D eigenvalue weighted by Crippen LogP contribution is 2.35. The van der Waals surface area contributed by atoms with Crippen LogP contribution >= 0.6 is 0 Å². The Morgan fingerprint density at radius 3 is 2.59 bits per heavy atom. The van der Waals surface area contributed by atoms with Crippen molar-refractivity contribution in [2.24, 2.45) is 0 Å². The van der Waals surface area contributed by atoms with E-state index in [1.54, 1.807) is 17.6 Å². The van der Waals surface area contributed by atoms with Gasteiger partial charge in [-0.3, -0.25) is 4.79 Å². The van der Waals surface area contributed by atoms with Crippen LogP contribution in [0.2, 0.25) is 0 Å². The molecule has 1 heterocycles. The molecule has 0 aliphatic rings. The highest BCUT2D eigenvalue weighted by Gasteiger charge is 2.33. The Kier molecular flexibility index (Phi) is 2.69. The molecule has 0 saturated carbocycles. The van der Waals surface area contributed by atoms with Crippen molar-refractivity contribution in [1.82, 2.24) is 4.57 Å². The minimum absolute atomic E-state index is 0.0731. The Hall–Kier alpha value is -1.78. The van der Waals surface area contributed by atoms with Crippen molar-refractivity contribution in [2.45, 2.75) is 19.6 Å². The van der Waals surface area contributed by atoms with Gasteiger partial charge < -0.3 is 4.57 Å². The summed E-state index contributed by atoms with van der Waals surface area (Å²) in [5, 5.41) is 0.0731. The highest BCUT2D eigenvalue weighted by molar-refractivity contribution is 5.91. The summed E-state index contributed by atoms with van der Waals surface area (Å²) in [6.07, 6.45) is -3.83. The molecule has 17 heavy (non-hydrogen) atoms. The summed E-state index contributed by atoms with van der Waals surface area (Å²) in [6.45, 7) is 2.24. The summed E-state index contributed by atoms with van der Waals surface area (Å²) in [5.74, 6) is 0. The Balaban J connectivity index is 2.83. The van der Waals surface area contributed by atoms with Crippen LogP contribution in [0.25, 0.3) is 10.9 Å². The average Bonchev–Trinajstić information content (AvgIpc) is 2.64. The molecular weight excluding hydrogens is 231 g/mol. The molecule has 0 aliphatic carbocycles. The van der Waals surface area contributed by atoms with Gasteiger partial charge >= 0.3 is 6.18 Å². The minimum Gasteiger partial charge on any atom is -0.339 e. The maximum absolute atomic E-state index is 12.8. The predicted octanol–water partition coefficient (Wildman–Crippen LogP) is 3.49. The van der Waals surface area contributed by atoms with E-state index in [2.05, 4.69) is 0 Å². The van der Waals surface area contributed by atoms with E-state index < -0.39 is 11.7 Å². The molecule has 90 valence electrons. The van der Waals surface area contributed by atoms with Crippen molar-refractivity contribution in [2.75, 3.05) is 0 Å². The van der Waals surface area contributed by atoms with Gasteiger partial charge in [-0.05, 0) is 25.1 Å². The summed E-state index contributed by atoms with van der Waals surface area (Å²) in [4.78, 5) is 10.8. The van der Waals surface area contributed by atoms with Crippen LogP contribution in [-0.4, -0.2) is 10.9 Å². The number of aldehydes is 1. The lowest BCUT2D eigenvalue weighted by Gasteiger charge is -2.08. The molecule has 0 N–H and O–H groups in total. The van der Waals surface area contributed by atoms with Gasteiger partial charge in [0.25, 0.3) is 0 Å². The maximum Gasteiger partial charge on any atom is 0.417 e. The van der Waals surface area contributed by atoms with Gasteiger partial charge in [0.15, 0.2) is 6.29 Å². The Labute approximate surface area is 95.7 Å². The standard InChI is InChI=1S/C12H10F3NO/c1-2-16-8(7-17)6-9-10(12(13,14)15)4-3-5-11(9)16/h3-7H,2H2,1H3. The van der Waals surface area contributed by atoms with Gasteiger partial charge in [0.2, 0.25) is 0 Å². The molecule has 0 atom stereocenters. The van der Waals surface area contributed by atoms with Crippen molar-refractivity contribution in [3.05, 3.63) is 35.5 Å². The smallest absolute Gasteiger partial charge is 0.339 e. The molecule has 2 aromatic rings. The molecule has 1 aromatic heterocycles.